The first-order chi connectivity index (χ1) is 13.2. The molecule has 0 saturated heterocycles. The Kier molecular flexibility index (Phi) is 8.44. The van der Waals surface area contributed by atoms with Crippen LogP contribution >= 0.6 is 22.7 Å². The number of esters is 1. The van der Waals surface area contributed by atoms with Gasteiger partial charge in [-0.05, 0) is 70.4 Å². The van der Waals surface area contributed by atoms with E-state index in [1.54, 1.807) is 43.4 Å². The molecule has 0 saturated carbocycles. The van der Waals surface area contributed by atoms with Gasteiger partial charge in [0.05, 0.1) is 17.3 Å². The fraction of sp³-hybridized carbons (Fsp3) is 0.550. The Morgan fingerprint density at radius 3 is 2.61 bits per heavy atom. The Bertz CT molecular complexity index is 777. The van der Waals surface area contributed by atoms with Crippen LogP contribution in [0.25, 0.3) is 0 Å². The lowest BCUT2D eigenvalue weighted by molar-refractivity contribution is -0.153. The molecule has 28 heavy (non-hydrogen) atoms. The zero-order chi connectivity index (χ0) is 20.6. The summed E-state index contributed by atoms with van der Waals surface area (Å²) in [5.74, 6) is -0.483. The van der Waals surface area contributed by atoms with Gasteiger partial charge in [-0.15, -0.1) is 22.7 Å². The molecule has 0 aliphatic heterocycles. The predicted octanol–water partition coefficient (Wildman–Crippen LogP) is 4.30. The van der Waals surface area contributed by atoms with Gasteiger partial charge < -0.3 is 14.8 Å². The van der Waals surface area contributed by atoms with Crippen molar-refractivity contribution in [2.45, 2.75) is 59.0 Å². The van der Waals surface area contributed by atoms with Crippen molar-refractivity contribution in [2.24, 2.45) is 0 Å². The molecular formula is C20H28N2O4S2. The van der Waals surface area contributed by atoms with E-state index in [4.69, 9.17) is 9.47 Å². The summed E-state index contributed by atoms with van der Waals surface area (Å²) >= 11 is 3.45. The van der Waals surface area contributed by atoms with Crippen LogP contribution in [0, 0.1) is 6.92 Å². The van der Waals surface area contributed by atoms with Crippen LogP contribution in [-0.2, 0) is 33.5 Å². The topological polar surface area (TPSA) is 77.5 Å². The predicted molar refractivity (Wildman–Crippen MR) is 112 cm³/mol. The molecule has 6 nitrogen and oxygen atoms in total. The second-order valence-electron chi connectivity index (χ2n) is 7.46. The summed E-state index contributed by atoms with van der Waals surface area (Å²) in [6.45, 7) is 7.47. The Labute approximate surface area is 174 Å². The average Bonchev–Trinajstić information content (AvgIpc) is 3.22. The first-order valence-electron chi connectivity index (χ1n) is 9.31. The van der Waals surface area contributed by atoms with E-state index in [-0.39, 0.29) is 6.54 Å². The molecule has 0 atom stereocenters. The number of hydrogen-bond acceptors (Lipinski definition) is 7. The van der Waals surface area contributed by atoms with Crippen LogP contribution in [0.5, 0.6) is 0 Å². The number of thiazole rings is 1. The van der Waals surface area contributed by atoms with E-state index in [0.717, 1.165) is 36.4 Å². The molecule has 2 rings (SSSR count). The molecule has 0 bridgehead atoms. The summed E-state index contributed by atoms with van der Waals surface area (Å²) in [5, 5.41) is 7.79. The van der Waals surface area contributed by atoms with Gasteiger partial charge in [0.2, 0.25) is 0 Å². The van der Waals surface area contributed by atoms with Crippen LogP contribution in [0.15, 0.2) is 16.8 Å². The molecule has 2 aromatic heterocycles. The quantitative estimate of drug-likeness (QED) is 0.480. The van der Waals surface area contributed by atoms with Crippen LogP contribution in [-0.4, -0.2) is 35.8 Å². The van der Waals surface area contributed by atoms with Crippen molar-refractivity contribution in [1.82, 2.24) is 10.3 Å². The lowest BCUT2D eigenvalue weighted by atomic mass is 10.1. The molecule has 0 aliphatic rings. The summed E-state index contributed by atoms with van der Waals surface area (Å²) in [7, 11) is 0. The average molecular weight is 425 g/mol. The molecule has 1 amide bonds. The van der Waals surface area contributed by atoms with E-state index in [9.17, 15) is 9.59 Å². The number of nitrogens with one attached hydrogen (secondary N) is 1. The third kappa shape index (κ3) is 8.84. The molecule has 0 aromatic carbocycles. The minimum Gasteiger partial charge on any atom is -0.459 e. The number of thiophene rings is 1. The molecule has 0 radical (unpaired) electrons. The van der Waals surface area contributed by atoms with E-state index in [1.165, 1.54) is 10.4 Å². The second-order valence-corrected chi connectivity index (χ2v) is 9.52. The number of ether oxygens (including phenoxy) is 2. The Hall–Kier alpha value is -1.93. The van der Waals surface area contributed by atoms with E-state index in [2.05, 4.69) is 27.1 Å². The molecule has 8 heteroatoms. The van der Waals surface area contributed by atoms with Crippen LogP contribution in [0.4, 0.5) is 4.79 Å². The number of hydrogen-bond donors (Lipinski definition) is 1. The van der Waals surface area contributed by atoms with Crippen molar-refractivity contribution in [2.75, 3.05) is 13.2 Å². The summed E-state index contributed by atoms with van der Waals surface area (Å²) in [4.78, 5) is 29.0. The van der Waals surface area contributed by atoms with Crippen molar-refractivity contribution in [3.63, 3.8) is 0 Å². The molecule has 0 spiro atoms. The van der Waals surface area contributed by atoms with Crippen LogP contribution < -0.4 is 5.32 Å². The number of amides is 1. The third-order valence-corrected chi connectivity index (χ3v) is 5.51. The van der Waals surface area contributed by atoms with Crippen molar-refractivity contribution in [1.29, 1.82) is 0 Å². The zero-order valence-corrected chi connectivity index (χ0v) is 18.5. The van der Waals surface area contributed by atoms with Gasteiger partial charge in [0.1, 0.15) is 12.1 Å². The number of carbonyl (C=O) groups is 2. The van der Waals surface area contributed by atoms with Gasteiger partial charge in [-0.25, -0.2) is 9.78 Å². The number of aryl methyl sites for hydroxylation is 4. The van der Waals surface area contributed by atoms with Crippen molar-refractivity contribution in [3.05, 3.63) is 38.0 Å². The van der Waals surface area contributed by atoms with E-state index in [0.29, 0.717) is 6.61 Å². The highest BCUT2D eigenvalue weighted by atomic mass is 32.1. The molecule has 154 valence electrons. The normalized spacial score (nSPS) is 11.3. The SMILES string of the molecule is Cc1nc(CCc2cc(CCCOC(=O)NCC(=O)OC(C)(C)C)cs2)cs1. The van der Waals surface area contributed by atoms with Crippen molar-refractivity contribution < 1.29 is 19.1 Å². The van der Waals surface area contributed by atoms with Gasteiger partial charge in [-0.2, -0.15) is 0 Å². The Morgan fingerprint density at radius 2 is 1.93 bits per heavy atom. The lowest BCUT2D eigenvalue weighted by Gasteiger charge is -2.19. The molecule has 0 fully saturated rings. The van der Waals surface area contributed by atoms with Crippen LogP contribution in [0.3, 0.4) is 0 Å². The maximum atomic E-state index is 11.6. The van der Waals surface area contributed by atoms with Gasteiger partial charge in [0.15, 0.2) is 0 Å². The maximum Gasteiger partial charge on any atom is 0.407 e. The molecule has 2 heterocycles. The van der Waals surface area contributed by atoms with E-state index < -0.39 is 17.7 Å². The summed E-state index contributed by atoms with van der Waals surface area (Å²) in [6, 6.07) is 2.21. The van der Waals surface area contributed by atoms with Gasteiger partial charge in [0.25, 0.3) is 0 Å². The number of nitrogens with zero attached hydrogens (tertiary/aromatic N) is 1. The highest BCUT2D eigenvalue weighted by Gasteiger charge is 2.16. The highest BCUT2D eigenvalue weighted by Crippen LogP contribution is 2.19. The zero-order valence-electron chi connectivity index (χ0n) is 16.9. The molecule has 0 aliphatic carbocycles. The number of alkyl carbamates (subject to hydrolysis) is 1. The van der Waals surface area contributed by atoms with Crippen LogP contribution in [0.1, 0.15) is 48.3 Å². The maximum absolute atomic E-state index is 11.6. The van der Waals surface area contributed by atoms with E-state index >= 15 is 0 Å². The summed E-state index contributed by atoms with van der Waals surface area (Å²) in [6.07, 6.45) is 2.95. The fourth-order valence-electron chi connectivity index (χ4n) is 2.48. The Balaban J connectivity index is 1.58. The summed E-state index contributed by atoms with van der Waals surface area (Å²) in [5.41, 5.74) is 1.84. The minimum atomic E-state index is -0.601. The molecular weight excluding hydrogens is 396 g/mol. The summed E-state index contributed by atoms with van der Waals surface area (Å²) < 4.78 is 10.2. The number of aromatic nitrogens is 1. The first-order valence-corrected chi connectivity index (χ1v) is 11.1. The standard InChI is InChI=1S/C20H28N2O4S2/c1-14-22-16(13-27-14)7-8-17-10-15(12-28-17)6-5-9-25-19(24)21-11-18(23)26-20(2,3)4/h10,12-13H,5-9,11H2,1-4H3,(H,21,24). The monoisotopic (exact) mass is 424 g/mol. The minimum absolute atomic E-state index is 0.192. The number of carbonyl (C=O) groups excluding carboxylic acids is 2. The van der Waals surface area contributed by atoms with Crippen molar-refractivity contribution >= 4 is 34.7 Å². The van der Waals surface area contributed by atoms with Crippen LogP contribution in [0.2, 0.25) is 0 Å². The van der Waals surface area contributed by atoms with Gasteiger partial charge >= 0.3 is 12.1 Å². The second kappa shape index (κ2) is 10.6. The first kappa shape index (κ1) is 22.4. The molecule has 1 N–H and O–H groups in total. The number of rotatable bonds is 9. The van der Waals surface area contributed by atoms with Crippen molar-refractivity contribution in [3.8, 4) is 0 Å². The van der Waals surface area contributed by atoms with Gasteiger partial charge in [0, 0.05) is 10.3 Å². The van der Waals surface area contributed by atoms with E-state index in [1.807, 2.05) is 6.92 Å². The third-order valence-electron chi connectivity index (χ3n) is 3.64. The highest BCUT2D eigenvalue weighted by molar-refractivity contribution is 7.10. The van der Waals surface area contributed by atoms with Gasteiger partial charge in [-0.3, -0.25) is 4.79 Å². The largest absolute Gasteiger partial charge is 0.459 e. The fourth-order valence-corrected chi connectivity index (χ4v) is 4.05. The lowest BCUT2D eigenvalue weighted by Crippen LogP contribution is -2.35. The van der Waals surface area contributed by atoms with Gasteiger partial charge in [-0.1, -0.05) is 0 Å². The Morgan fingerprint density at radius 1 is 1.14 bits per heavy atom. The molecule has 0 unspecified atom stereocenters. The molecule has 2 aromatic rings. The smallest absolute Gasteiger partial charge is 0.407 e.